The molecular weight excluding hydrogens is 229 g/mol. The first-order valence-electron chi connectivity index (χ1n) is 4.91. The smallest absolute Gasteiger partial charge is 0.347 e. The summed E-state index contributed by atoms with van der Waals surface area (Å²) in [5.74, 6) is -3.06. The normalized spacial score (nSPS) is 10.2. The number of esters is 2. The van der Waals surface area contributed by atoms with E-state index in [0.29, 0.717) is 0 Å². The van der Waals surface area contributed by atoms with E-state index in [4.69, 9.17) is 0 Å². The van der Waals surface area contributed by atoms with Crippen molar-refractivity contribution in [2.75, 3.05) is 7.11 Å². The molecule has 17 heavy (non-hydrogen) atoms. The van der Waals surface area contributed by atoms with Gasteiger partial charge in [-0.25, -0.2) is 14.2 Å². The molecule has 0 aromatic carbocycles. The van der Waals surface area contributed by atoms with Crippen molar-refractivity contribution in [1.29, 1.82) is 0 Å². The van der Waals surface area contributed by atoms with Gasteiger partial charge in [-0.15, -0.1) is 0 Å². The van der Waals surface area contributed by atoms with Crippen LogP contribution in [0.15, 0.2) is 12.3 Å². The number of rotatable bonds is 3. The van der Waals surface area contributed by atoms with Crippen LogP contribution in [0.2, 0.25) is 0 Å². The predicted octanol–water partition coefficient (Wildman–Crippen LogP) is 1.57. The fourth-order valence-electron chi connectivity index (χ4n) is 0.955. The number of hydrogen-bond acceptors (Lipinski definition) is 5. The van der Waals surface area contributed by atoms with Gasteiger partial charge in [-0.3, -0.25) is 4.79 Å². The molecule has 0 radical (unpaired) electrons. The Bertz CT molecular complexity index is 445. The van der Waals surface area contributed by atoms with E-state index in [-0.39, 0.29) is 11.4 Å². The Labute approximate surface area is 97.6 Å². The molecular formula is C11H12FNO4. The van der Waals surface area contributed by atoms with Gasteiger partial charge in [-0.1, -0.05) is 13.8 Å². The zero-order valence-corrected chi connectivity index (χ0v) is 9.69. The number of pyridine rings is 1. The van der Waals surface area contributed by atoms with Gasteiger partial charge < -0.3 is 9.47 Å². The Kier molecular flexibility index (Phi) is 4.14. The van der Waals surface area contributed by atoms with Crippen molar-refractivity contribution in [1.82, 2.24) is 4.98 Å². The van der Waals surface area contributed by atoms with E-state index in [1.807, 2.05) is 0 Å². The predicted molar refractivity (Wildman–Crippen MR) is 56.0 cm³/mol. The number of nitrogens with zero attached hydrogens (tertiary/aromatic N) is 1. The molecule has 1 aromatic heterocycles. The summed E-state index contributed by atoms with van der Waals surface area (Å²) < 4.78 is 22.3. The van der Waals surface area contributed by atoms with Gasteiger partial charge in [0, 0.05) is 6.20 Å². The van der Waals surface area contributed by atoms with Crippen molar-refractivity contribution < 1.29 is 23.5 Å². The summed E-state index contributed by atoms with van der Waals surface area (Å²) >= 11 is 0. The quantitative estimate of drug-likeness (QED) is 0.593. The van der Waals surface area contributed by atoms with Crippen LogP contribution in [0.5, 0.6) is 5.88 Å². The molecule has 1 heterocycles. The van der Waals surface area contributed by atoms with Gasteiger partial charge >= 0.3 is 11.9 Å². The van der Waals surface area contributed by atoms with Crippen LogP contribution < -0.4 is 4.74 Å². The second-order valence-corrected chi connectivity index (χ2v) is 3.58. The van der Waals surface area contributed by atoms with Crippen LogP contribution in [0, 0.1) is 11.7 Å². The number of carbonyl (C=O) groups is 2. The highest BCUT2D eigenvalue weighted by molar-refractivity contribution is 5.97. The SMILES string of the molecule is COc1ncc(C(=O)OC(=O)C(C)C)cc1F. The Hall–Kier alpha value is -1.98. The molecule has 0 bridgehead atoms. The Morgan fingerprint density at radius 1 is 1.41 bits per heavy atom. The van der Waals surface area contributed by atoms with Crippen LogP contribution in [-0.4, -0.2) is 24.0 Å². The molecule has 0 saturated heterocycles. The third kappa shape index (κ3) is 3.24. The van der Waals surface area contributed by atoms with Crippen molar-refractivity contribution in [2.45, 2.75) is 13.8 Å². The molecule has 0 aliphatic rings. The van der Waals surface area contributed by atoms with Crippen LogP contribution >= 0.6 is 0 Å². The molecule has 1 aromatic rings. The van der Waals surface area contributed by atoms with Gasteiger partial charge in [-0.2, -0.15) is 0 Å². The standard InChI is InChI=1S/C11H12FNO4/c1-6(2)10(14)17-11(15)7-4-8(12)9(16-3)13-5-7/h4-6H,1-3H3. The number of hydrogen-bond donors (Lipinski definition) is 0. The molecule has 0 aliphatic carbocycles. The highest BCUT2D eigenvalue weighted by atomic mass is 19.1. The summed E-state index contributed by atoms with van der Waals surface area (Å²) in [7, 11) is 1.26. The zero-order valence-electron chi connectivity index (χ0n) is 9.69. The van der Waals surface area contributed by atoms with E-state index in [0.717, 1.165) is 12.3 Å². The van der Waals surface area contributed by atoms with Crippen LogP contribution in [-0.2, 0) is 9.53 Å². The molecule has 0 unspecified atom stereocenters. The van der Waals surface area contributed by atoms with Crippen molar-refractivity contribution in [2.24, 2.45) is 5.92 Å². The van der Waals surface area contributed by atoms with Gasteiger partial charge in [-0.05, 0) is 6.07 Å². The lowest BCUT2D eigenvalue weighted by Gasteiger charge is -2.06. The van der Waals surface area contributed by atoms with Gasteiger partial charge in [0.15, 0.2) is 5.82 Å². The Morgan fingerprint density at radius 3 is 2.53 bits per heavy atom. The molecule has 0 atom stereocenters. The number of aromatic nitrogens is 1. The van der Waals surface area contributed by atoms with Gasteiger partial charge in [0.05, 0.1) is 18.6 Å². The van der Waals surface area contributed by atoms with E-state index >= 15 is 0 Å². The maximum atomic E-state index is 13.2. The number of halogens is 1. The lowest BCUT2D eigenvalue weighted by Crippen LogP contribution is -2.17. The summed E-state index contributed by atoms with van der Waals surface area (Å²) in [5.41, 5.74) is -0.141. The molecule has 0 amide bonds. The maximum absolute atomic E-state index is 13.2. The average molecular weight is 241 g/mol. The summed E-state index contributed by atoms with van der Waals surface area (Å²) in [5, 5.41) is 0. The number of carbonyl (C=O) groups excluding carboxylic acids is 2. The highest BCUT2D eigenvalue weighted by Crippen LogP contribution is 2.14. The van der Waals surface area contributed by atoms with Crippen LogP contribution in [0.25, 0.3) is 0 Å². The van der Waals surface area contributed by atoms with Gasteiger partial charge in [0.2, 0.25) is 5.88 Å². The van der Waals surface area contributed by atoms with Gasteiger partial charge in [0.25, 0.3) is 0 Å². The lowest BCUT2D eigenvalue weighted by molar-refractivity contribution is -0.141. The molecule has 5 nitrogen and oxygen atoms in total. The van der Waals surface area contributed by atoms with E-state index < -0.39 is 23.7 Å². The second-order valence-electron chi connectivity index (χ2n) is 3.58. The first kappa shape index (κ1) is 13.1. The summed E-state index contributed by atoms with van der Waals surface area (Å²) in [4.78, 5) is 26.1. The first-order valence-corrected chi connectivity index (χ1v) is 4.91. The van der Waals surface area contributed by atoms with E-state index in [1.165, 1.54) is 7.11 Å². The number of methoxy groups -OCH3 is 1. The maximum Gasteiger partial charge on any atom is 0.347 e. The highest BCUT2D eigenvalue weighted by Gasteiger charge is 2.18. The summed E-state index contributed by atoms with van der Waals surface area (Å²) in [6.07, 6.45) is 1.08. The van der Waals surface area contributed by atoms with Crippen LogP contribution in [0.4, 0.5) is 4.39 Å². The molecule has 6 heteroatoms. The van der Waals surface area contributed by atoms with E-state index in [1.54, 1.807) is 13.8 Å². The minimum atomic E-state index is -0.933. The topological polar surface area (TPSA) is 65.5 Å². The molecule has 0 fully saturated rings. The molecule has 92 valence electrons. The summed E-state index contributed by atoms with van der Waals surface area (Å²) in [6.45, 7) is 3.17. The minimum absolute atomic E-state index is 0.141. The van der Waals surface area contributed by atoms with Crippen molar-refractivity contribution in [3.63, 3.8) is 0 Å². The van der Waals surface area contributed by atoms with Gasteiger partial charge in [0.1, 0.15) is 0 Å². The summed E-state index contributed by atoms with van der Waals surface area (Å²) in [6, 6.07) is 0.905. The molecule has 0 spiro atoms. The minimum Gasteiger partial charge on any atom is -0.479 e. The van der Waals surface area contributed by atoms with E-state index in [9.17, 15) is 14.0 Å². The molecule has 0 N–H and O–H groups in total. The van der Waals surface area contributed by atoms with Crippen molar-refractivity contribution in [3.05, 3.63) is 23.6 Å². The average Bonchev–Trinajstić information content (AvgIpc) is 2.28. The largest absolute Gasteiger partial charge is 0.479 e. The molecule has 0 saturated carbocycles. The first-order chi connectivity index (χ1) is 7.95. The molecule has 0 aliphatic heterocycles. The van der Waals surface area contributed by atoms with Crippen molar-refractivity contribution in [3.8, 4) is 5.88 Å². The Morgan fingerprint density at radius 2 is 2.06 bits per heavy atom. The third-order valence-corrected chi connectivity index (χ3v) is 1.90. The molecule has 1 rings (SSSR count). The van der Waals surface area contributed by atoms with Crippen molar-refractivity contribution >= 4 is 11.9 Å². The Balaban J connectivity index is 2.83. The van der Waals surface area contributed by atoms with E-state index in [2.05, 4.69) is 14.5 Å². The number of ether oxygens (including phenoxy) is 2. The zero-order chi connectivity index (χ0) is 13.0. The fraction of sp³-hybridized carbons (Fsp3) is 0.364. The third-order valence-electron chi connectivity index (χ3n) is 1.90. The van der Waals surface area contributed by atoms with Crippen LogP contribution in [0.1, 0.15) is 24.2 Å². The lowest BCUT2D eigenvalue weighted by atomic mass is 10.2. The fourth-order valence-corrected chi connectivity index (χ4v) is 0.955. The monoisotopic (exact) mass is 241 g/mol. The second kappa shape index (κ2) is 5.38. The van der Waals surface area contributed by atoms with Crippen LogP contribution in [0.3, 0.4) is 0 Å².